The van der Waals surface area contributed by atoms with Gasteiger partial charge in [0.1, 0.15) is 0 Å². The van der Waals surface area contributed by atoms with Crippen LogP contribution in [0.3, 0.4) is 0 Å². The zero-order valence-corrected chi connectivity index (χ0v) is 10.4. The number of carbonyl (C=O) groups is 1. The summed E-state index contributed by atoms with van der Waals surface area (Å²) in [6, 6.07) is 3.39. The van der Waals surface area contributed by atoms with Crippen molar-refractivity contribution in [2.24, 2.45) is 0 Å². The third-order valence-corrected chi connectivity index (χ3v) is 3.24. The highest BCUT2D eigenvalue weighted by atomic mass is 35.5. The number of nitrogens with one attached hydrogen (secondary N) is 1. The molecule has 0 saturated heterocycles. The maximum Gasteiger partial charge on any atom is 0.234 e. The van der Waals surface area contributed by atoms with Gasteiger partial charge in [0.2, 0.25) is 5.91 Å². The highest BCUT2D eigenvalue weighted by molar-refractivity contribution is 8.00. The summed E-state index contributed by atoms with van der Waals surface area (Å²) in [6.07, 6.45) is 1.56. The number of hydrogen-bond acceptors (Lipinski definition) is 4. The lowest BCUT2D eigenvalue weighted by atomic mass is 10.4. The van der Waals surface area contributed by atoms with Gasteiger partial charge in [0.05, 0.1) is 18.0 Å². The molecule has 1 atom stereocenters. The molecule has 1 heterocycles. The smallest absolute Gasteiger partial charge is 0.234 e. The molecule has 0 bridgehead atoms. The normalized spacial score (nSPS) is 12.2. The molecule has 0 spiro atoms. The Balaban J connectivity index is 2.43. The molecule has 1 amide bonds. The van der Waals surface area contributed by atoms with Gasteiger partial charge >= 0.3 is 0 Å². The quantitative estimate of drug-likeness (QED) is 0.793. The number of hydrogen-bond donors (Lipinski definition) is 2. The standard InChI is InChI=1S/C10H13ClN2O2S/c1-7(5-14)16-6-9(15)13-8-3-2-4-12-10(8)11/h2-4,7,14H,5-6H2,1H3,(H,13,15). The molecular formula is C10H13ClN2O2S. The number of amides is 1. The van der Waals surface area contributed by atoms with Gasteiger partial charge in [-0.2, -0.15) is 0 Å². The fourth-order valence-corrected chi connectivity index (χ4v) is 1.72. The summed E-state index contributed by atoms with van der Waals surface area (Å²) in [4.78, 5) is 15.3. The van der Waals surface area contributed by atoms with Crippen LogP contribution in [0.15, 0.2) is 18.3 Å². The molecule has 0 fully saturated rings. The van der Waals surface area contributed by atoms with Crippen molar-refractivity contribution >= 4 is 35.0 Å². The zero-order chi connectivity index (χ0) is 12.0. The largest absolute Gasteiger partial charge is 0.395 e. The van der Waals surface area contributed by atoms with Gasteiger partial charge in [0, 0.05) is 11.4 Å². The van der Waals surface area contributed by atoms with Gasteiger partial charge < -0.3 is 10.4 Å². The number of anilines is 1. The Morgan fingerprint density at radius 3 is 3.12 bits per heavy atom. The molecule has 6 heteroatoms. The van der Waals surface area contributed by atoms with E-state index in [2.05, 4.69) is 10.3 Å². The summed E-state index contributed by atoms with van der Waals surface area (Å²) in [5.41, 5.74) is 0.506. The topological polar surface area (TPSA) is 62.2 Å². The van der Waals surface area contributed by atoms with Gasteiger partial charge in [-0.25, -0.2) is 4.98 Å². The number of pyridine rings is 1. The zero-order valence-electron chi connectivity index (χ0n) is 8.81. The van der Waals surface area contributed by atoms with Gasteiger partial charge in [0.15, 0.2) is 5.15 Å². The van der Waals surface area contributed by atoms with Crippen LogP contribution in [0.5, 0.6) is 0 Å². The second-order valence-electron chi connectivity index (χ2n) is 3.19. The highest BCUT2D eigenvalue weighted by Crippen LogP contribution is 2.18. The Labute approximate surface area is 103 Å². The Morgan fingerprint density at radius 2 is 2.50 bits per heavy atom. The van der Waals surface area contributed by atoms with E-state index in [1.165, 1.54) is 11.8 Å². The molecular weight excluding hydrogens is 248 g/mol. The fraction of sp³-hybridized carbons (Fsp3) is 0.400. The average molecular weight is 261 g/mol. The van der Waals surface area contributed by atoms with Crippen molar-refractivity contribution in [3.05, 3.63) is 23.5 Å². The van der Waals surface area contributed by atoms with Crippen LogP contribution in [0.2, 0.25) is 5.15 Å². The van der Waals surface area contributed by atoms with E-state index in [1.54, 1.807) is 18.3 Å². The lowest BCUT2D eigenvalue weighted by Gasteiger charge is -2.08. The first-order chi connectivity index (χ1) is 7.63. The molecule has 0 aromatic carbocycles. The van der Waals surface area contributed by atoms with E-state index in [0.29, 0.717) is 5.69 Å². The Hall–Kier alpha value is -0.780. The minimum Gasteiger partial charge on any atom is -0.395 e. The molecule has 1 rings (SSSR count). The summed E-state index contributed by atoms with van der Waals surface area (Å²) >= 11 is 7.17. The summed E-state index contributed by atoms with van der Waals surface area (Å²) in [7, 11) is 0. The predicted molar refractivity (Wildman–Crippen MR) is 66.9 cm³/mol. The lowest BCUT2D eigenvalue weighted by molar-refractivity contribution is -0.113. The molecule has 0 aliphatic heterocycles. The average Bonchev–Trinajstić information content (AvgIpc) is 2.29. The van der Waals surface area contributed by atoms with E-state index < -0.39 is 0 Å². The highest BCUT2D eigenvalue weighted by Gasteiger charge is 2.08. The van der Waals surface area contributed by atoms with Crippen LogP contribution in [0, 0.1) is 0 Å². The van der Waals surface area contributed by atoms with Crippen molar-refractivity contribution < 1.29 is 9.90 Å². The van der Waals surface area contributed by atoms with Crippen LogP contribution in [0.25, 0.3) is 0 Å². The number of aliphatic hydroxyl groups is 1. The molecule has 2 N–H and O–H groups in total. The minimum absolute atomic E-state index is 0.0510. The van der Waals surface area contributed by atoms with Gasteiger partial charge in [-0.05, 0) is 12.1 Å². The number of rotatable bonds is 5. The number of aliphatic hydroxyl groups excluding tert-OH is 1. The van der Waals surface area contributed by atoms with Crippen LogP contribution in [-0.4, -0.2) is 33.6 Å². The van der Waals surface area contributed by atoms with Crippen molar-refractivity contribution in [3.8, 4) is 0 Å². The van der Waals surface area contributed by atoms with Crippen molar-refractivity contribution in [3.63, 3.8) is 0 Å². The summed E-state index contributed by atoms with van der Waals surface area (Å²) in [6.45, 7) is 1.92. The van der Waals surface area contributed by atoms with E-state index in [1.807, 2.05) is 6.92 Å². The third-order valence-electron chi connectivity index (χ3n) is 1.79. The van der Waals surface area contributed by atoms with Crippen molar-refractivity contribution in [2.45, 2.75) is 12.2 Å². The van der Waals surface area contributed by atoms with E-state index in [4.69, 9.17) is 16.7 Å². The molecule has 1 aromatic rings. The first kappa shape index (κ1) is 13.3. The lowest BCUT2D eigenvalue weighted by Crippen LogP contribution is -2.17. The van der Waals surface area contributed by atoms with Crippen LogP contribution in [0.1, 0.15) is 6.92 Å². The Morgan fingerprint density at radius 1 is 1.75 bits per heavy atom. The first-order valence-electron chi connectivity index (χ1n) is 4.76. The second kappa shape index (κ2) is 6.73. The Kier molecular flexibility index (Phi) is 5.59. The van der Waals surface area contributed by atoms with E-state index in [-0.39, 0.29) is 28.7 Å². The van der Waals surface area contributed by atoms with Crippen molar-refractivity contribution in [1.29, 1.82) is 0 Å². The number of aromatic nitrogens is 1. The molecule has 1 aromatic heterocycles. The molecule has 0 aliphatic carbocycles. The molecule has 4 nitrogen and oxygen atoms in total. The van der Waals surface area contributed by atoms with Crippen molar-refractivity contribution in [2.75, 3.05) is 17.7 Å². The third kappa shape index (κ3) is 4.38. The summed E-state index contributed by atoms with van der Waals surface area (Å²) in [5, 5.41) is 11.8. The maximum atomic E-state index is 11.5. The van der Waals surface area contributed by atoms with Crippen LogP contribution < -0.4 is 5.32 Å². The molecule has 16 heavy (non-hydrogen) atoms. The molecule has 0 saturated carbocycles. The van der Waals surface area contributed by atoms with E-state index in [0.717, 1.165) is 0 Å². The maximum absolute atomic E-state index is 11.5. The molecule has 0 aliphatic rings. The molecule has 0 radical (unpaired) electrons. The van der Waals surface area contributed by atoms with Crippen molar-refractivity contribution in [1.82, 2.24) is 4.98 Å². The summed E-state index contributed by atoms with van der Waals surface area (Å²) < 4.78 is 0. The van der Waals surface area contributed by atoms with Gasteiger partial charge in [-0.1, -0.05) is 18.5 Å². The van der Waals surface area contributed by atoms with Gasteiger partial charge in [-0.3, -0.25) is 4.79 Å². The molecule has 1 unspecified atom stereocenters. The van der Waals surface area contributed by atoms with Gasteiger partial charge in [0.25, 0.3) is 0 Å². The Bertz CT molecular complexity index is 362. The number of halogens is 1. The molecule has 88 valence electrons. The summed E-state index contributed by atoms with van der Waals surface area (Å²) in [5.74, 6) is 0.132. The van der Waals surface area contributed by atoms with Crippen LogP contribution in [-0.2, 0) is 4.79 Å². The van der Waals surface area contributed by atoms with E-state index >= 15 is 0 Å². The second-order valence-corrected chi connectivity index (χ2v) is 4.98. The van der Waals surface area contributed by atoms with Crippen LogP contribution >= 0.6 is 23.4 Å². The SMILES string of the molecule is CC(CO)SCC(=O)Nc1cccnc1Cl. The van der Waals surface area contributed by atoms with Gasteiger partial charge in [-0.15, -0.1) is 11.8 Å². The fourth-order valence-electron chi connectivity index (χ4n) is 0.936. The number of carbonyl (C=O) groups excluding carboxylic acids is 1. The predicted octanol–water partition coefficient (Wildman–Crippen LogP) is 1.79. The monoisotopic (exact) mass is 260 g/mol. The number of nitrogens with zero attached hydrogens (tertiary/aromatic N) is 1. The van der Waals surface area contributed by atoms with Crippen LogP contribution in [0.4, 0.5) is 5.69 Å². The number of thioether (sulfide) groups is 1. The first-order valence-corrected chi connectivity index (χ1v) is 6.19. The van der Waals surface area contributed by atoms with E-state index in [9.17, 15) is 4.79 Å². The minimum atomic E-state index is -0.153.